The van der Waals surface area contributed by atoms with Gasteiger partial charge in [-0.25, -0.2) is 8.42 Å². The molecule has 90 valence electrons. The summed E-state index contributed by atoms with van der Waals surface area (Å²) in [5.74, 6) is 0.400. The van der Waals surface area contributed by atoms with E-state index in [1.165, 1.54) is 0 Å². The smallest absolute Gasteiger partial charge is 0.154 e. The summed E-state index contributed by atoms with van der Waals surface area (Å²) in [6.07, 6.45) is 1.64. The molecule has 0 atom stereocenters. The van der Waals surface area contributed by atoms with Crippen molar-refractivity contribution in [1.29, 1.82) is 0 Å². The molecule has 4 heteroatoms. The van der Waals surface area contributed by atoms with Crippen LogP contribution in [0.15, 0.2) is 24.3 Å². The summed E-state index contributed by atoms with van der Waals surface area (Å²) in [6, 6.07) is 7.46. The van der Waals surface area contributed by atoms with E-state index < -0.39 is 9.84 Å². The lowest BCUT2D eigenvalue weighted by Gasteiger charge is -2.05. The quantitative estimate of drug-likeness (QED) is 0.827. The monoisotopic (exact) mass is 241 g/mol. The molecule has 0 heterocycles. The highest BCUT2D eigenvalue weighted by atomic mass is 32.2. The molecule has 1 aromatic rings. The summed E-state index contributed by atoms with van der Waals surface area (Å²) < 4.78 is 23.5. The first-order valence-electron chi connectivity index (χ1n) is 5.55. The van der Waals surface area contributed by atoms with Crippen molar-refractivity contribution in [2.24, 2.45) is 5.73 Å². The molecular weight excluding hydrogens is 222 g/mol. The molecule has 0 saturated carbocycles. The molecule has 0 aromatic heterocycles. The van der Waals surface area contributed by atoms with Gasteiger partial charge in [-0.3, -0.25) is 0 Å². The molecule has 16 heavy (non-hydrogen) atoms. The van der Waals surface area contributed by atoms with Crippen LogP contribution < -0.4 is 5.73 Å². The summed E-state index contributed by atoms with van der Waals surface area (Å²) in [5.41, 5.74) is 7.32. The van der Waals surface area contributed by atoms with Gasteiger partial charge in [0, 0.05) is 6.54 Å². The second-order valence-corrected chi connectivity index (χ2v) is 6.15. The third-order valence-corrected chi connectivity index (χ3v) is 4.11. The lowest BCUT2D eigenvalue weighted by atomic mass is 10.1. The predicted octanol–water partition coefficient (Wildman–Crippen LogP) is 1.86. The van der Waals surface area contributed by atoms with Gasteiger partial charge in [-0.1, -0.05) is 37.6 Å². The van der Waals surface area contributed by atoms with Gasteiger partial charge in [0.25, 0.3) is 0 Å². The largest absolute Gasteiger partial charge is 0.326 e. The van der Waals surface area contributed by atoms with Crippen LogP contribution in [-0.4, -0.2) is 14.2 Å². The highest BCUT2D eigenvalue weighted by Gasteiger charge is 2.11. The van der Waals surface area contributed by atoms with Gasteiger partial charge in [0.2, 0.25) is 0 Å². The second-order valence-electron chi connectivity index (χ2n) is 3.97. The van der Waals surface area contributed by atoms with Crippen molar-refractivity contribution in [2.45, 2.75) is 32.1 Å². The number of hydrogen-bond acceptors (Lipinski definition) is 3. The number of benzene rings is 1. The molecule has 3 nitrogen and oxygen atoms in total. The average molecular weight is 241 g/mol. The third-order valence-electron chi connectivity index (χ3n) is 2.42. The zero-order valence-electron chi connectivity index (χ0n) is 9.65. The van der Waals surface area contributed by atoms with Gasteiger partial charge in [-0.15, -0.1) is 0 Å². The maximum atomic E-state index is 11.7. The number of unbranched alkanes of at least 4 members (excludes halogenated alkanes) is 1. The molecule has 0 aliphatic rings. The van der Waals surface area contributed by atoms with Crippen LogP contribution in [0.5, 0.6) is 0 Å². The number of hydrogen-bond donors (Lipinski definition) is 1. The zero-order valence-corrected chi connectivity index (χ0v) is 10.5. The molecular formula is C12H19NO2S. The fourth-order valence-electron chi connectivity index (χ4n) is 1.54. The molecule has 0 radical (unpaired) electrons. The molecule has 2 N–H and O–H groups in total. The molecule has 0 aliphatic heterocycles. The van der Waals surface area contributed by atoms with Crippen LogP contribution in [0.2, 0.25) is 0 Å². The van der Waals surface area contributed by atoms with E-state index in [9.17, 15) is 8.42 Å². The first kappa shape index (κ1) is 13.2. The molecule has 1 rings (SSSR count). The van der Waals surface area contributed by atoms with Crippen LogP contribution in [0.25, 0.3) is 0 Å². The van der Waals surface area contributed by atoms with Crippen LogP contribution >= 0.6 is 0 Å². The minimum atomic E-state index is -2.96. The molecule has 0 fully saturated rings. The Bertz CT molecular complexity index is 426. The van der Waals surface area contributed by atoms with Crippen molar-refractivity contribution in [2.75, 3.05) is 5.75 Å². The Morgan fingerprint density at radius 1 is 1.25 bits per heavy atom. The highest BCUT2D eigenvalue weighted by molar-refractivity contribution is 7.90. The Kier molecular flexibility index (Phi) is 4.96. The summed E-state index contributed by atoms with van der Waals surface area (Å²) in [7, 11) is -2.96. The topological polar surface area (TPSA) is 60.2 Å². The SMILES string of the molecule is CCCCS(=O)(=O)Cc1cccc(CN)c1. The molecule has 0 bridgehead atoms. The van der Waals surface area contributed by atoms with Crippen LogP contribution in [0.3, 0.4) is 0 Å². The first-order chi connectivity index (χ1) is 7.57. The Labute approximate surface area is 97.6 Å². The Balaban J connectivity index is 2.72. The lowest BCUT2D eigenvalue weighted by Crippen LogP contribution is -2.09. The molecule has 0 amide bonds. The number of rotatable bonds is 6. The summed E-state index contributed by atoms with van der Waals surface area (Å²) in [5, 5.41) is 0. The van der Waals surface area contributed by atoms with Gasteiger partial charge in [0.1, 0.15) is 0 Å². The van der Waals surface area contributed by atoms with Gasteiger partial charge < -0.3 is 5.73 Å². The normalized spacial score (nSPS) is 11.6. The molecule has 0 spiro atoms. The van der Waals surface area contributed by atoms with Gasteiger partial charge in [-0.05, 0) is 17.5 Å². The minimum absolute atomic E-state index is 0.126. The van der Waals surface area contributed by atoms with E-state index in [0.717, 1.165) is 24.0 Å². The summed E-state index contributed by atoms with van der Waals surface area (Å²) in [4.78, 5) is 0. The maximum Gasteiger partial charge on any atom is 0.154 e. The highest BCUT2D eigenvalue weighted by Crippen LogP contribution is 2.10. The van der Waals surface area contributed by atoms with Gasteiger partial charge in [0.05, 0.1) is 11.5 Å². The van der Waals surface area contributed by atoms with Gasteiger partial charge in [-0.2, -0.15) is 0 Å². The van der Waals surface area contributed by atoms with E-state index >= 15 is 0 Å². The lowest BCUT2D eigenvalue weighted by molar-refractivity contribution is 0.592. The molecule has 0 saturated heterocycles. The van der Waals surface area contributed by atoms with E-state index in [4.69, 9.17) is 5.73 Å². The second kappa shape index (κ2) is 6.01. The predicted molar refractivity (Wildman–Crippen MR) is 66.7 cm³/mol. The van der Waals surface area contributed by atoms with Crippen LogP contribution in [-0.2, 0) is 22.1 Å². The summed E-state index contributed by atoms with van der Waals surface area (Å²) >= 11 is 0. The average Bonchev–Trinajstić information content (AvgIpc) is 2.26. The van der Waals surface area contributed by atoms with Gasteiger partial charge >= 0.3 is 0 Å². The van der Waals surface area contributed by atoms with E-state index in [1.54, 1.807) is 0 Å². The molecule has 1 aromatic carbocycles. The van der Waals surface area contributed by atoms with Crippen molar-refractivity contribution >= 4 is 9.84 Å². The molecule has 0 unspecified atom stereocenters. The zero-order chi connectivity index (χ0) is 12.0. The Hall–Kier alpha value is -0.870. The standard InChI is InChI=1S/C12H19NO2S/c1-2-3-7-16(14,15)10-12-6-4-5-11(8-12)9-13/h4-6,8H,2-3,7,9-10,13H2,1H3. The molecule has 0 aliphatic carbocycles. The third kappa shape index (κ3) is 4.33. The van der Waals surface area contributed by atoms with Crippen molar-refractivity contribution in [3.05, 3.63) is 35.4 Å². The van der Waals surface area contributed by atoms with E-state index in [2.05, 4.69) is 0 Å². The summed E-state index contributed by atoms with van der Waals surface area (Å²) in [6.45, 7) is 2.44. The van der Waals surface area contributed by atoms with E-state index in [-0.39, 0.29) is 11.5 Å². The number of nitrogens with two attached hydrogens (primary N) is 1. The Morgan fingerprint density at radius 2 is 1.94 bits per heavy atom. The maximum absolute atomic E-state index is 11.7. The van der Waals surface area contributed by atoms with Crippen LogP contribution in [0.4, 0.5) is 0 Å². The van der Waals surface area contributed by atoms with Gasteiger partial charge in [0.15, 0.2) is 9.84 Å². The van der Waals surface area contributed by atoms with E-state index in [1.807, 2.05) is 31.2 Å². The minimum Gasteiger partial charge on any atom is -0.326 e. The first-order valence-corrected chi connectivity index (χ1v) is 7.38. The fraction of sp³-hybridized carbons (Fsp3) is 0.500. The van der Waals surface area contributed by atoms with Crippen molar-refractivity contribution in [3.63, 3.8) is 0 Å². The number of sulfone groups is 1. The Morgan fingerprint density at radius 3 is 2.56 bits per heavy atom. The van der Waals surface area contributed by atoms with Crippen LogP contribution in [0.1, 0.15) is 30.9 Å². The van der Waals surface area contributed by atoms with Crippen molar-refractivity contribution in [3.8, 4) is 0 Å². The van der Waals surface area contributed by atoms with E-state index in [0.29, 0.717) is 6.54 Å². The van der Waals surface area contributed by atoms with Crippen molar-refractivity contribution in [1.82, 2.24) is 0 Å². The van der Waals surface area contributed by atoms with Crippen LogP contribution in [0, 0.1) is 0 Å². The fourth-order valence-corrected chi connectivity index (χ4v) is 3.10. The van der Waals surface area contributed by atoms with Crippen molar-refractivity contribution < 1.29 is 8.42 Å².